The van der Waals surface area contributed by atoms with E-state index in [9.17, 15) is 4.39 Å². The molecule has 0 aliphatic heterocycles. The van der Waals surface area contributed by atoms with Crippen LogP contribution in [0.1, 0.15) is 38.2 Å². The Kier molecular flexibility index (Phi) is 3.29. The highest BCUT2D eigenvalue weighted by atomic mass is 19.1. The van der Waals surface area contributed by atoms with E-state index in [0.29, 0.717) is 0 Å². The number of hydrogen-bond acceptors (Lipinski definition) is 1. The van der Waals surface area contributed by atoms with Gasteiger partial charge in [-0.05, 0) is 49.3 Å². The number of halogens is 1. The summed E-state index contributed by atoms with van der Waals surface area (Å²) in [4.78, 5) is 0. The van der Waals surface area contributed by atoms with E-state index < -0.39 is 0 Å². The van der Waals surface area contributed by atoms with Gasteiger partial charge in [-0.1, -0.05) is 19.1 Å². The molecule has 0 unspecified atom stereocenters. The Bertz CT molecular complexity index is 336. The number of ether oxygens (including phenoxy) is 1. The monoisotopic (exact) mass is 222 g/mol. The minimum Gasteiger partial charge on any atom is -0.374 e. The Labute approximate surface area is 96.6 Å². The van der Waals surface area contributed by atoms with Gasteiger partial charge in [0.05, 0.1) is 5.60 Å². The van der Waals surface area contributed by atoms with Crippen LogP contribution in [0.15, 0.2) is 24.3 Å². The molecule has 1 saturated carbocycles. The fourth-order valence-electron chi connectivity index (χ4n) is 2.59. The first-order valence-corrected chi connectivity index (χ1v) is 5.97. The predicted molar refractivity (Wildman–Crippen MR) is 62.7 cm³/mol. The van der Waals surface area contributed by atoms with E-state index in [1.807, 2.05) is 12.1 Å². The first-order valence-electron chi connectivity index (χ1n) is 5.97. The number of methoxy groups -OCH3 is 1. The molecule has 0 aromatic heterocycles. The van der Waals surface area contributed by atoms with Gasteiger partial charge in [0.25, 0.3) is 0 Å². The largest absolute Gasteiger partial charge is 0.374 e. The van der Waals surface area contributed by atoms with E-state index in [0.717, 1.165) is 24.3 Å². The maximum atomic E-state index is 12.9. The number of rotatable bonds is 2. The SMILES string of the molecule is CO[C@]1(c2ccc(F)cc2)CC[C@H](C)CC1. The lowest BCUT2D eigenvalue weighted by atomic mass is 9.75. The number of hydrogen-bond donors (Lipinski definition) is 0. The molecule has 0 radical (unpaired) electrons. The second-order valence-corrected chi connectivity index (χ2v) is 4.89. The second kappa shape index (κ2) is 4.54. The molecule has 1 aromatic carbocycles. The van der Waals surface area contributed by atoms with Gasteiger partial charge >= 0.3 is 0 Å². The zero-order chi connectivity index (χ0) is 11.6. The third-order valence-electron chi connectivity index (χ3n) is 3.84. The Balaban J connectivity index is 2.24. The molecule has 2 heteroatoms. The van der Waals surface area contributed by atoms with Crippen LogP contribution in [0.5, 0.6) is 0 Å². The quantitative estimate of drug-likeness (QED) is 0.738. The lowest BCUT2D eigenvalue weighted by Gasteiger charge is -2.38. The van der Waals surface area contributed by atoms with Crippen LogP contribution < -0.4 is 0 Å². The van der Waals surface area contributed by atoms with Gasteiger partial charge in [0, 0.05) is 7.11 Å². The van der Waals surface area contributed by atoms with Crippen LogP contribution in [0.3, 0.4) is 0 Å². The molecule has 0 N–H and O–H groups in total. The zero-order valence-corrected chi connectivity index (χ0v) is 10.0. The van der Waals surface area contributed by atoms with Crippen molar-refractivity contribution in [2.45, 2.75) is 38.2 Å². The highest BCUT2D eigenvalue weighted by molar-refractivity contribution is 5.24. The minimum atomic E-state index is -0.181. The average molecular weight is 222 g/mol. The molecule has 1 aromatic rings. The van der Waals surface area contributed by atoms with Gasteiger partial charge in [0.2, 0.25) is 0 Å². The van der Waals surface area contributed by atoms with Crippen LogP contribution >= 0.6 is 0 Å². The van der Waals surface area contributed by atoms with Crippen molar-refractivity contribution in [1.29, 1.82) is 0 Å². The third kappa shape index (κ3) is 2.12. The topological polar surface area (TPSA) is 9.23 Å². The van der Waals surface area contributed by atoms with Crippen molar-refractivity contribution in [1.82, 2.24) is 0 Å². The third-order valence-corrected chi connectivity index (χ3v) is 3.84. The molecule has 1 aliphatic carbocycles. The number of benzene rings is 1. The molecule has 1 nitrogen and oxygen atoms in total. The molecule has 1 aliphatic rings. The van der Waals surface area contributed by atoms with E-state index >= 15 is 0 Å². The van der Waals surface area contributed by atoms with E-state index in [1.165, 1.54) is 25.0 Å². The Morgan fingerprint density at radius 1 is 1.19 bits per heavy atom. The molecule has 16 heavy (non-hydrogen) atoms. The smallest absolute Gasteiger partial charge is 0.123 e. The molecule has 88 valence electrons. The van der Waals surface area contributed by atoms with Gasteiger partial charge in [-0.15, -0.1) is 0 Å². The predicted octanol–water partition coefficient (Wildman–Crippen LogP) is 3.88. The van der Waals surface area contributed by atoms with Crippen LogP contribution in [0.4, 0.5) is 4.39 Å². The lowest BCUT2D eigenvalue weighted by Crippen LogP contribution is -2.33. The molecule has 1 fully saturated rings. The van der Waals surface area contributed by atoms with Crippen LogP contribution in [0.2, 0.25) is 0 Å². The highest BCUT2D eigenvalue weighted by Gasteiger charge is 2.35. The van der Waals surface area contributed by atoms with Crippen molar-refractivity contribution in [3.8, 4) is 0 Å². The summed E-state index contributed by atoms with van der Waals surface area (Å²) in [5, 5.41) is 0. The summed E-state index contributed by atoms with van der Waals surface area (Å²) in [6, 6.07) is 6.76. The molecular weight excluding hydrogens is 203 g/mol. The van der Waals surface area contributed by atoms with Gasteiger partial charge in [0.15, 0.2) is 0 Å². The summed E-state index contributed by atoms with van der Waals surface area (Å²) in [6.45, 7) is 2.28. The van der Waals surface area contributed by atoms with Crippen LogP contribution in [0.25, 0.3) is 0 Å². The average Bonchev–Trinajstić information content (AvgIpc) is 2.32. The first kappa shape index (κ1) is 11.6. The molecule has 0 saturated heterocycles. The van der Waals surface area contributed by atoms with Crippen molar-refractivity contribution < 1.29 is 9.13 Å². The van der Waals surface area contributed by atoms with E-state index in [4.69, 9.17) is 4.74 Å². The van der Waals surface area contributed by atoms with Crippen molar-refractivity contribution in [3.05, 3.63) is 35.6 Å². The summed E-state index contributed by atoms with van der Waals surface area (Å²) in [5.74, 6) is 0.600. The standard InChI is InChI=1S/C14H19FO/c1-11-7-9-14(16-2,10-8-11)12-3-5-13(15)6-4-12/h3-6,11H,7-10H2,1-2H3/t11-,14+. The van der Waals surface area contributed by atoms with Crippen molar-refractivity contribution in [3.63, 3.8) is 0 Å². The fraction of sp³-hybridized carbons (Fsp3) is 0.571. The molecular formula is C14H19FO. The fourth-order valence-corrected chi connectivity index (χ4v) is 2.59. The van der Waals surface area contributed by atoms with Crippen molar-refractivity contribution in [2.75, 3.05) is 7.11 Å². The Hall–Kier alpha value is -0.890. The normalized spacial score (nSPS) is 30.3. The summed E-state index contributed by atoms with van der Waals surface area (Å²) >= 11 is 0. The van der Waals surface area contributed by atoms with Crippen LogP contribution in [0, 0.1) is 11.7 Å². The molecule has 2 rings (SSSR count). The summed E-state index contributed by atoms with van der Waals surface area (Å²) in [6.07, 6.45) is 4.45. The Morgan fingerprint density at radius 2 is 1.75 bits per heavy atom. The van der Waals surface area contributed by atoms with Crippen molar-refractivity contribution >= 4 is 0 Å². The van der Waals surface area contributed by atoms with Crippen molar-refractivity contribution in [2.24, 2.45) is 5.92 Å². The minimum absolute atomic E-state index is 0.180. The maximum Gasteiger partial charge on any atom is 0.123 e. The van der Waals surface area contributed by atoms with Gasteiger partial charge in [0.1, 0.15) is 5.82 Å². The molecule has 0 spiro atoms. The molecule has 0 heterocycles. The van der Waals surface area contributed by atoms with E-state index in [-0.39, 0.29) is 11.4 Å². The zero-order valence-electron chi connectivity index (χ0n) is 10.0. The van der Waals surface area contributed by atoms with Gasteiger partial charge in [-0.3, -0.25) is 0 Å². The van der Waals surface area contributed by atoms with E-state index in [1.54, 1.807) is 7.11 Å². The van der Waals surface area contributed by atoms with E-state index in [2.05, 4.69) is 6.92 Å². The summed E-state index contributed by atoms with van der Waals surface area (Å²) < 4.78 is 18.6. The van der Waals surface area contributed by atoms with Gasteiger partial charge in [-0.2, -0.15) is 0 Å². The second-order valence-electron chi connectivity index (χ2n) is 4.89. The lowest BCUT2D eigenvalue weighted by molar-refractivity contribution is -0.0530. The first-order chi connectivity index (χ1) is 7.66. The molecule has 0 amide bonds. The van der Waals surface area contributed by atoms with Gasteiger partial charge < -0.3 is 4.74 Å². The summed E-state index contributed by atoms with van der Waals surface area (Å²) in [5.41, 5.74) is 0.934. The molecule has 0 atom stereocenters. The maximum absolute atomic E-state index is 12.9. The van der Waals surface area contributed by atoms with Crippen LogP contribution in [-0.4, -0.2) is 7.11 Å². The summed E-state index contributed by atoms with van der Waals surface area (Å²) in [7, 11) is 1.76. The molecule has 0 bridgehead atoms. The Morgan fingerprint density at radius 3 is 2.25 bits per heavy atom. The van der Waals surface area contributed by atoms with Gasteiger partial charge in [-0.25, -0.2) is 4.39 Å². The van der Waals surface area contributed by atoms with Crippen LogP contribution in [-0.2, 0) is 10.3 Å². The highest BCUT2D eigenvalue weighted by Crippen LogP contribution is 2.41.